The van der Waals surface area contributed by atoms with Crippen molar-refractivity contribution in [3.8, 4) is 22.4 Å². The Morgan fingerprint density at radius 2 is 1.65 bits per heavy atom. The van der Waals surface area contributed by atoms with Crippen LogP contribution >= 0.6 is 0 Å². The van der Waals surface area contributed by atoms with Gasteiger partial charge in [-0.2, -0.15) is 0 Å². The molecule has 98 valence electrons. The zero-order chi connectivity index (χ0) is 13.9. The standard InChI is InChI=1S/C18H14FN/c1-13-7-10-18(20-12-13)15-8-9-17(19)16(11-15)14-5-3-2-4-6-14/h2-12H,1H3. The maximum absolute atomic E-state index is 14.0. The first-order valence-corrected chi connectivity index (χ1v) is 6.52. The minimum absolute atomic E-state index is 0.216. The summed E-state index contributed by atoms with van der Waals surface area (Å²) >= 11 is 0. The quantitative estimate of drug-likeness (QED) is 0.643. The van der Waals surface area contributed by atoms with E-state index < -0.39 is 0 Å². The summed E-state index contributed by atoms with van der Waals surface area (Å²) < 4.78 is 14.0. The van der Waals surface area contributed by atoms with E-state index in [1.54, 1.807) is 6.07 Å². The predicted molar refractivity (Wildman–Crippen MR) is 79.8 cm³/mol. The van der Waals surface area contributed by atoms with E-state index in [1.807, 2.05) is 61.7 Å². The third-order valence-corrected chi connectivity index (χ3v) is 3.26. The molecular formula is C18H14FN. The first kappa shape index (κ1) is 12.5. The van der Waals surface area contributed by atoms with Crippen LogP contribution in [0.15, 0.2) is 66.9 Å². The Balaban J connectivity index is 2.09. The van der Waals surface area contributed by atoms with Crippen molar-refractivity contribution in [2.24, 2.45) is 0 Å². The van der Waals surface area contributed by atoms with Gasteiger partial charge in [0.2, 0.25) is 0 Å². The maximum Gasteiger partial charge on any atom is 0.131 e. The average molecular weight is 263 g/mol. The third-order valence-electron chi connectivity index (χ3n) is 3.26. The van der Waals surface area contributed by atoms with Crippen molar-refractivity contribution >= 4 is 0 Å². The molecule has 20 heavy (non-hydrogen) atoms. The molecule has 3 rings (SSSR count). The van der Waals surface area contributed by atoms with Crippen molar-refractivity contribution < 1.29 is 4.39 Å². The van der Waals surface area contributed by atoms with Gasteiger partial charge in [-0.05, 0) is 42.3 Å². The van der Waals surface area contributed by atoms with Crippen LogP contribution in [0, 0.1) is 12.7 Å². The van der Waals surface area contributed by atoms with Crippen LogP contribution in [0.1, 0.15) is 5.56 Å². The Labute approximate surface area is 117 Å². The highest BCUT2D eigenvalue weighted by Crippen LogP contribution is 2.27. The molecule has 0 amide bonds. The molecule has 1 nitrogen and oxygen atoms in total. The van der Waals surface area contributed by atoms with E-state index >= 15 is 0 Å². The van der Waals surface area contributed by atoms with Crippen LogP contribution in [0.2, 0.25) is 0 Å². The number of aryl methyl sites for hydroxylation is 1. The average Bonchev–Trinajstić information content (AvgIpc) is 2.50. The summed E-state index contributed by atoms with van der Waals surface area (Å²) in [5, 5.41) is 0. The fourth-order valence-corrected chi connectivity index (χ4v) is 2.16. The second-order valence-corrected chi connectivity index (χ2v) is 4.78. The molecule has 2 heteroatoms. The lowest BCUT2D eigenvalue weighted by Gasteiger charge is -2.07. The number of hydrogen-bond donors (Lipinski definition) is 0. The molecule has 1 aromatic heterocycles. The SMILES string of the molecule is Cc1ccc(-c2ccc(F)c(-c3ccccc3)c2)nc1. The molecule has 0 radical (unpaired) electrons. The van der Waals surface area contributed by atoms with Crippen LogP contribution in [0.3, 0.4) is 0 Å². The second kappa shape index (κ2) is 5.25. The summed E-state index contributed by atoms with van der Waals surface area (Å²) in [6.45, 7) is 2.00. The van der Waals surface area contributed by atoms with E-state index in [0.717, 1.165) is 22.4 Å². The van der Waals surface area contributed by atoms with Crippen LogP contribution in [-0.2, 0) is 0 Å². The van der Waals surface area contributed by atoms with E-state index in [0.29, 0.717) is 5.56 Å². The van der Waals surface area contributed by atoms with Gasteiger partial charge in [0.05, 0.1) is 5.69 Å². The van der Waals surface area contributed by atoms with Crippen LogP contribution in [-0.4, -0.2) is 4.98 Å². The van der Waals surface area contributed by atoms with Gasteiger partial charge in [0.1, 0.15) is 5.82 Å². The van der Waals surface area contributed by atoms with Crippen molar-refractivity contribution in [2.75, 3.05) is 0 Å². The second-order valence-electron chi connectivity index (χ2n) is 4.78. The summed E-state index contributed by atoms with van der Waals surface area (Å²) in [6, 6.07) is 18.6. The predicted octanol–water partition coefficient (Wildman–Crippen LogP) is 4.86. The van der Waals surface area contributed by atoms with E-state index in [2.05, 4.69) is 4.98 Å². The monoisotopic (exact) mass is 263 g/mol. The van der Waals surface area contributed by atoms with E-state index in [-0.39, 0.29) is 5.82 Å². The minimum atomic E-state index is -0.216. The lowest BCUT2D eigenvalue weighted by Crippen LogP contribution is -1.88. The van der Waals surface area contributed by atoms with Gasteiger partial charge in [-0.25, -0.2) is 4.39 Å². The summed E-state index contributed by atoms with van der Waals surface area (Å²) in [5.41, 5.74) is 4.36. The first-order valence-electron chi connectivity index (χ1n) is 6.52. The molecule has 0 spiro atoms. The van der Waals surface area contributed by atoms with Crippen molar-refractivity contribution in [3.05, 3.63) is 78.2 Å². The molecule has 0 aliphatic heterocycles. The van der Waals surface area contributed by atoms with Gasteiger partial charge in [0.25, 0.3) is 0 Å². The van der Waals surface area contributed by atoms with Gasteiger partial charge in [-0.1, -0.05) is 36.4 Å². The molecule has 0 aliphatic rings. The molecule has 3 aromatic rings. The van der Waals surface area contributed by atoms with Crippen LogP contribution in [0.25, 0.3) is 22.4 Å². The molecule has 0 saturated carbocycles. The Bertz CT molecular complexity index is 718. The number of nitrogens with zero attached hydrogens (tertiary/aromatic N) is 1. The maximum atomic E-state index is 14.0. The lowest BCUT2D eigenvalue weighted by atomic mass is 10.0. The van der Waals surface area contributed by atoms with Gasteiger partial charge in [-0.3, -0.25) is 4.98 Å². The highest BCUT2D eigenvalue weighted by molar-refractivity contribution is 5.71. The fourth-order valence-electron chi connectivity index (χ4n) is 2.16. The molecule has 2 aromatic carbocycles. The first-order chi connectivity index (χ1) is 9.74. The van der Waals surface area contributed by atoms with Gasteiger partial charge in [-0.15, -0.1) is 0 Å². The molecule has 1 heterocycles. The van der Waals surface area contributed by atoms with Gasteiger partial charge < -0.3 is 0 Å². The number of pyridine rings is 1. The number of rotatable bonds is 2. The molecule has 0 unspecified atom stereocenters. The summed E-state index contributed by atoms with van der Waals surface area (Å²) in [6.07, 6.45) is 1.82. The Morgan fingerprint density at radius 3 is 2.35 bits per heavy atom. The van der Waals surface area contributed by atoms with Gasteiger partial charge >= 0.3 is 0 Å². The smallest absolute Gasteiger partial charge is 0.131 e. The summed E-state index contributed by atoms with van der Waals surface area (Å²) in [5.74, 6) is -0.216. The van der Waals surface area contributed by atoms with Crippen LogP contribution in [0.5, 0.6) is 0 Å². The van der Waals surface area contributed by atoms with Crippen molar-refractivity contribution in [3.63, 3.8) is 0 Å². The Hall–Kier alpha value is -2.48. The molecular weight excluding hydrogens is 249 g/mol. The highest BCUT2D eigenvalue weighted by Gasteiger charge is 2.07. The third kappa shape index (κ3) is 2.45. The highest BCUT2D eigenvalue weighted by atomic mass is 19.1. The largest absolute Gasteiger partial charge is 0.256 e. The van der Waals surface area contributed by atoms with Gasteiger partial charge in [0, 0.05) is 17.3 Å². The molecule has 0 N–H and O–H groups in total. The van der Waals surface area contributed by atoms with Crippen LogP contribution in [0.4, 0.5) is 4.39 Å². The number of halogens is 1. The van der Waals surface area contributed by atoms with E-state index in [4.69, 9.17) is 0 Å². The number of benzene rings is 2. The van der Waals surface area contributed by atoms with Crippen molar-refractivity contribution in [1.29, 1.82) is 0 Å². The molecule has 0 saturated heterocycles. The van der Waals surface area contributed by atoms with E-state index in [9.17, 15) is 4.39 Å². The Morgan fingerprint density at radius 1 is 0.850 bits per heavy atom. The van der Waals surface area contributed by atoms with Crippen molar-refractivity contribution in [2.45, 2.75) is 6.92 Å². The molecule has 0 fully saturated rings. The Kier molecular flexibility index (Phi) is 3.30. The number of aromatic nitrogens is 1. The minimum Gasteiger partial charge on any atom is -0.256 e. The molecule has 0 aliphatic carbocycles. The van der Waals surface area contributed by atoms with E-state index in [1.165, 1.54) is 6.07 Å². The fraction of sp³-hybridized carbons (Fsp3) is 0.0556. The normalized spacial score (nSPS) is 10.5. The zero-order valence-corrected chi connectivity index (χ0v) is 11.2. The molecule has 0 atom stereocenters. The van der Waals surface area contributed by atoms with Crippen molar-refractivity contribution in [1.82, 2.24) is 4.98 Å². The summed E-state index contributed by atoms with van der Waals surface area (Å²) in [4.78, 5) is 4.39. The zero-order valence-electron chi connectivity index (χ0n) is 11.2. The number of hydrogen-bond acceptors (Lipinski definition) is 1. The summed E-state index contributed by atoms with van der Waals surface area (Å²) in [7, 11) is 0. The molecule has 0 bridgehead atoms. The lowest BCUT2D eigenvalue weighted by molar-refractivity contribution is 0.631. The van der Waals surface area contributed by atoms with Crippen LogP contribution < -0.4 is 0 Å². The topological polar surface area (TPSA) is 12.9 Å². The van der Waals surface area contributed by atoms with Gasteiger partial charge in [0.15, 0.2) is 0 Å².